The Hall–Kier alpha value is -3.85. The lowest BCUT2D eigenvalue weighted by atomic mass is 10.2. The Labute approximate surface area is 204 Å². The molecule has 0 aliphatic carbocycles. The van der Waals surface area contributed by atoms with E-state index in [1.54, 1.807) is 38.6 Å². The molecule has 0 unspecified atom stereocenters. The van der Waals surface area contributed by atoms with Crippen LogP contribution in [0.5, 0.6) is 11.5 Å². The molecule has 0 saturated heterocycles. The van der Waals surface area contributed by atoms with Crippen LogP contribution in [0.3, 0.4) is 0 Å². The van der Waals surface area contributed by atoms with E-state index in [-0.39, 0.29) is 18.8 Å². The number of halogens is 1. The first-order valence-electron chi connectivity index (χ1n) is 10.5. The molecule has 0 fully saturated rings. The van der Waals surface area contributed by atoms with Crippen LogP contribution in [0.4, 0.5) is 11.5 Å². The number of rotatable bonds is 8. The van der Waals surface area contributed by atoms with Gasteiger partial charge in [0.1, 0.15) is 23.0 Å². The highest BCUT2D eigenvalue weighted by Gasteiger charge is 2.14. The van der Waals surface area contributed by atoms with Crippen LogP contribution in [0.2, 0.25) is 0 Å². The van der Waals surface area contributed by atoms with Crippen molar-refractivity contribution in [3.8, 4) is 11.5 Å². The fraction of sp³-hybridized carbons (Fsp3) is 0.160. The molecule has 8 nitrogen and oxygen atoms in total. The molecule has 4 rings (SSSR count). The normalized spacial score (nSPS) is 10.7. The first kappa shape index (κ1) is 23.3. The lowest BCUT2D eigenvalue weighted by molar-refractivity contribution is 0.414. The van der Waals surface area contributed by atoms with Crippen molar-refractivity contribution in [1.29, 1.82) is 0 Å². The zero-order valence-electron chi connectivity index (χ0n) is 18.7. The van der Waals surface area contributed by atoms with Crippen LogP contribution in [0.15, 0.2) is 87.1 Å². The number of nitrogens with zero attached hydrogens (tertiary/aromatic N) is 3. The second-order valence-corrected chi connectivity index (χ2v) is 8.44. The average Bonchev–Trinajstić information content (AvgIpc) is 2.87. The van der Waals surface area contributed by atoms with Crippen molar-refractivity contribution in [3.05, 3.63) is 109 Å². The van der Waals surface area contributed by atoms with Crippen LogP contribution in [-0.4, -0.2) is 28.3 Å². The van der Waals surface area contributed by atoms with Crippen LogP contribution < -0.4 is 26.0 Å². The Morgan fingerprint density at radius 3 is 1.97 bits per heavy atom. The van der Waals surface area contributed by atoms with Gasteiger partial charge in [0.2, 0.25) is 0 Å². The number of hydrogen-bond acceptors (Lipinski definition) is 6. The zero-order valence-corrected chi connectivity index (χ0v) is 20.3. The molecule has 0 amide bonds. The highest BCUT2D eigenvalue weighted by atomic mass is 79.9. The monoisotopic (exact) mass is 522 g/mol. The van der Waals surface area contributed by atoms with Gasteiger partial charge in [0.05, 0.1) is 27.3 Å². The molecule has 0 atom stereocenters. The van der Waals surface area contributed by atoms with Crippen molar-refractivity contribution in [2.24, 2.45) is 0 Å². The minimum Gasteiger partial charge on any atom is -0.497 e. The topological polar surface area (TPSA) is 87.4 Å². The van der Waals surface area contributed by atoms with Crippen LogP contribution >= 0.6 is 15.9 Å². The fourth-order valence-corrected chi connectivity index (χ4v) is 3.66. The number of nitrogens with one attached hydrogen (secondary N) is 1. The van der Waals surface area contributed by atoms with Crippen LogP contribution in [0.25, 0.3) is 0 Å². The molecule has 0 saturated carbocycles. The summed E-state index contributed by atoms with van der Waals surface area (Å²) in [5.74, 6) is 1.92. The van der Waals surface area contributed by atoms with Gasteiger partial charge in [-0.2, -0.15) is 0 Å². The maximum atomic E-state index is 13.3. The van der Waals surface area contributed by atoms with E-state index >= 15 is 0 Å². The molecule has 34 heavy (non-hydrogen) atoms. The second-order valence-electron chi connectivity index (χ2n) is 7.53. The first-order chi connectivity index (χ1) is 16.5. The first-order valence-corrected chi connectivity index (χ1v) is 11.2. The Bertz CT molecular complexity index is 1380. The summed E-state index contributed by atoms with van der Waals surface area (Å²) < 4.78 is 14.0. The Balaban J connectivity index is 1.75. The van der Waals surface area contributed by atoms with Gasteiger partial charge in [-0.15, -0.1) is 0 Å². The summed E-state index contributed by atoms with van der Waals surface area (Å²) in [7, 11) is 3.19. The van der Waals surface area contributed by atoms with E-state index in [0.717, 1.165) is 21.3 Å². The molecule has 2 aromatic carbocycles. The summed E-state index contributed by atoms with van der Waals surface area (Å²) in [6, 6.07) is 18.2. The molecule has 0 spiro atoms. The molecule has 2 aromatic heterocycles. The molecule has 0 radical (unpaired) electrons. The number of pyridine rings is 1. The lowest BCUT2D eigenvalue weighted by Crippen LogP contribution is -2.41. The smallest absolute Gasteiger partial charge is 0.331 e. The minimum absolute atomic E-state index is 0.119. The van der Waals surface area contributed by atoms with Crippen LogP contribution in [0, 0.1) is 0 Å². The minimum atomic E-state index is -0.434. The number of ether oxygens (including phenoxy) is 2. The molecule has 2 heterocycles. The van der Waals surface area contributed by atoms with Gasteiger partial charge >= 0.3 is 5.69 Å². The van der Waals surface area contributed by atoms with E-state index in [4.69, 9.17) is 9.47 Å². The van der Waals surface area contributed by atoms with E-state index in [1.807, 2.05) is 42.5 Å². The molecule has 0 aliphatic rings. The van der Waals surface area contributed by atoms with Gasteiger partial charge in [0.25, 0.3) is 5.56 Å². The van der Waals surface area contributed by atoms with Crippen molar-refractivity contribution >= 4 is 27.4 Å². The predicted molar refractivity (Wildman–Crippen MR) is 134 cm³/mol. The van der Waals surface area contributed by atoms with Gasteiger partial charge < -0.3 is 14.8 Å². The van der Waals surface area contributed by atoms with Crippen molar-refractivity contribution < 1.29 is 9.47 Å². The fourth-order valence-electron chi connectivity index (χ4n) is 3.42. The van der Waals surface area contributed by atoms with E-state index in [2.05, 4.69) is 26.2 Å². The maximum Gasteiger partial charge on any atom is 0.331 e. The summed E-state index contributed by atoms with van der Waals surface area (Å²) >= 11 is 3.35. The second kappa shape index (κ2) is 10.4. The highest BCUT2D eigenvalue weighted by molar-refractivity contribution is 9.10. The Morgan fingerprint density at radius 2 is 1.44 bits per heavy atom. The molecule has 9 heteroatoms. The molecule has 0 bridgehead atoms. The SMILES string of the molecule is COc1ccc(Cn2cc(Nc3ccc(Br)cn3)c(=O)n(Cc3ccc(OC)cc3)c2=O)cc1. The third kappa shape index (κ3) is 5.37. The number of anilines is 2. The summed E-state index contributed by atoms with van der Waals surface area (Å²) in [5, 5.41) is 3.05. The van der Waals surface area contributed by atoms with Gasteiger partial charge in [-0.05, 0) is 63.5 Å². The van der Waals surface area contributed by atoms with Crippen molar-refractivity contribution in [3.63, 3.8) is 0 Å². The van der Waals surface area contributed by atoms with E-state index in [1.165, 1.54) is 15.3 Å². The van der Waals surface area contributed by atoms with E-state index in [0.29, 0.717) is 11.6 Å². The molecular formula is C25H23BrN4O4. The Kier molecular flexibility index (Phi) is 7.12. The molecule has 174 valence electrons. The summed E-state index contributed by atoms with van der Waals surface area (Å²) in [4.78, 5) is 30.9. The molecule has 1 N–H and O–H groups in total. The van der Waals surface area contributed by atoms with Gasteiger partial charge in [0, 0.05) is 16.9 Å². The number of aromatic nitrogens is 3. The quantitative estimate of drug-likeness (QED) is 0.376. The van der Waals surface area contributed by atoms with Crippen molar-refractivity contribution in [2.75, 3.05) is 19.5 Å². The largest absolute Gasteiger partial charge is 0.497 e. The third-order valence-corrected chi connectivity index (χ3v) is 5.71. The summed E-state index contributed by atoms with van der Waals surface area (Å²) in [6.45, 7) is 0.404. The van der Waals surface area contributed by atoms with Crippen molar-refractivity contribution in [2.45, 2.75) is 13.1 Å². The molecular weight excluding hydrogens is 500 g/mol. The molecule has 4 aromatic rings. The number of methoxy groups -OCH3 is 2. The van der Waals surface area contributed by atoms with Crippen LogP contribution in [0.1, 0.15) is 11.1 Å². The van der Waals surface area contributed by atoms with Crippen molar-refractivity contribution in [1.82, 2.24) is 14.1 Å². The average molecular weight is 523 g/mol. The van der Waals surface area contributed by atoms with Gasteiger partial charge in [0.15, 0.2) is 0 Å². The third-order valence-electron chi connectivity index (χ3n) is 5.24. The number of hydrogen-bond donors (Lipinski definition) is 1. The van der Waals surface area contributed by atoms with Crippen LogP contribution in [-0.2, 0) is 13.1 Å². The summed E-state index contributed by atoms with van der Waals surface area (Å²) in [6.07, 6.45) is 3.16. The van der Waals surface area contributed by atoms with E-state index in [9.17, 15) is 9.59 Å². The standard InChI is InChI=1S/C25H23BrN4O4/c1-33-20-8-3-17(4-9-20)14-29-16-22(28-23-12-7-19(26)13-27-23)24(31)30(25(29)32)15-18-5-10-21(34-2)11-6-18/h3-13,16H,14-15H2,1-2H3,(H,27,28). The zero-order chi connectivity index (χ0) is 24.1. The lowest BCUT2D eigenvalue weighted by Gasteiger charge is -2.15. The van der Waals surface area contributed by atoms with Gasteiger partial charge in [-0.3, -0.25) is 13.9 Å². The highest BCUT2D eigenvalue weighted by Crippen LogP contribution is 2.16. The predicted octanol–water partition coefficient (Wildman–Crippen LogP) is 4.02. The molecule has 0 aliphatic heterocycles. The van der Waals surface area contributed by atoms with Gasteiger partial charge in [-0.1, -0.05) is 24.3 Å². The Morgan fingerprint density at radius 1 is 0.853 bits per heavy atom. The van der Waals surface area contributed by atoms with E-state index < -0.39 is 11.2 Å². The summed E-state index contributed by atoms with van der Waals surface area (Å²) in [5.41, 5.74) is 1.10. The maximum absolute atomic E-state index is 13.3. The van der Waals surface area contributed by atoms with Gasteiger partial charge in [-0.25, -0.2) is 9.78 Å². The number of benzene rings is 2.